The molecule has 2 N–H and O–H groups in total. The summed E-state index contributed by atoms with van der Waals surface area (Å²) < 4.78 is 0. The van der Waals surface area contributed by atoms with E-state index in [1.54, 1.807) is 19.1 Å². The largest absolute Gasteiger partial charge is 0.366 e. The fourth-order valence-electron chi connectivity index (χ4n) is 2.43. The fourth-order valence-corrected chi connectivity index (χ4v) is 2.43. The molecule has 0 atom stereocenters. The Balaban J connectivity index is 3.69. The monoisotopic (exact) mass is 381 g/mol. The molecule has 0 aliphatic carbocycles. The van der Waals surface area contributed by atoms with Gasteiger partial charge in [-0.1, -0.05) is 131 Å². The lowest BCUT2D eigenvalue weighted by molar-refractivity contribution is -0.114. The van der Waals surface area contributed by atoms with Gasteiger partial charge in [-0.3, -0.25) is 4.79 Å². The molecule has 0 aliphatic rings. The predicted octanol–water partition coefficient (Wildman–Crippen LogP) is 7.29. The van der Waals surface area contributed by atoms with E-state index in [-0.39, 0.29) is 0 Å². The molecule has 154 valence electrons. The van der Waals surface area contributed by atoms with Crippen LogP contribution in [-0.4, -0.2) is 5.91 Å². The standard InChI is InChI=1S/C26H39NO/c1-3-4-5-6-7-8-9-10-11-12-13-14-15-16-17-18-19-20-21-22-23-24-25(2)26(27)28/h12-24H,3-11H2,1-2H3,(H2,27,28). The molecule has 0 heterocycles. The third kappa shape index (κ3) is 20.0. The first-order valence-electron chi connectivity index (χ1n) is 10.6. The molecule has 0 bridgehead atoms. The molecule has 0 aromatic heterocycles. The van der Waals surface area contributed by atoms with Crippen molar-refractivity contribution in [2.75, 3.05) is 0 Å². The Hall–Kier alpha value is -2.35. The summed E-state index contributed by atoms with van der Waals surface area (Å²) in [6, 6.07) is 0. The van der Waals surface area contributed by atoms with Gasteiger partial charge in [-0.2, -0.15) is 0 Å². The Bertz CT molecular complexity index is 586. The van der Waals surface area contributed by atoms with Crippen molar-refractivity contribution in [1.82, 2.24) is 0 Å². The normalized spacial score (nSPS) is 13.6. The van der Waals surface area contributed by atoms with Gasteiger partial charge in [0, 0.05) is 5.57 Å². The highest BCUT2D eigenvalue weighted by Crippen LogP contribution is 2.09. The first-order valence-corrected chi connectivity index (χ1v) is 10.6. The van der Waals surface area contributed by atoms with Crippen molar-refractivity contribution >= 4 is 5.91 Å². The maximum Gasteiger partial charge on any atom is 0.244 e. The van der Waals surface area contributed by atoms with Gasteiger partial charge in [-0.05, 0) is 19.8 Å². The van der Waals surface area contributed by atoms with Crippen LogP contribution in [0.4, 0.5) is 0 Å². The Morgan fingerprint density at radius 3 is 1.57 bits per heavy atom. The summed E-state index contributed by atoms with van der Waals surface area (Å²) in [6.07, 6.45) is 37.8. The molecule has 0 saturated carbocycles. The van der Waals surface area contributed by atoms with Crippen LogP contribution in [0.3, 0.4) is 0 Å². The first-order chi connectivity index (χ1) is 13.7. The minimum absolute atomic E-state index is 0.394. The summed E-state index contributed by atoms with van der Waals surface area (Å²) in [7, 11) is 0. The molecule has 0 saturated heterocycles. The van der Waals surface area contributed by atoms with E-state index in [1.165, 1.54) is 57.8 Å². The van der Waals surface area contributed by atoms with Crippen LogP contribution in [0, 0.1) is 0 Å². The van der Waals surface area contributed by atoms with Crippen LogP contribution in [0.2, 0.25) is 0 Å². The fraction of sp³-hybridized carbons (Fsp3) is 0.423. The van der Waals surface area contributed by atoms with E-state index in [0.29, 0.717) is 5.57 Å². The van der Waals surface area contributed by atoms with Crippen LogP contribution in [0.15, 0.2) is 84.6 Å². The molecule has 1 amide bonds. The molecule has 0 spiro atoms. The van der Waals surface area contributed by atoms with Gasteiger partial charge in [0.15, 0.2) is 0 Å². The van der Waals surface area contributed by atoms with Crippen molar-refractivity contribution in [3.05, 3.63) is 84.6 Å². The Kier molecular flexibility index (Phi) is 19.2. The number of carbonyl (C=O) groups excluding carboxylic acids is 1. The van der Waals surface area contributed by atoms with Crippen LogP contribution in [-0.2, 0) is 4.79 Å². The highest BCUT2D eigenvalue weighted by atomic mass is 16.1. The number of primary amides is 1. The maximum absolute atomic E-state index is 10.8. The Labute approximate surface area is 173 Å². The van der Waals surface area contributed by atoms with E-state index >= 15 is 0 Å². The predicted molar refractivity (Wildman–Crippen MR) is 125 cm³/mol. The zero-order valence-corrected chi connectivity index (χ0v) is 17.9. The van der Waals surface area contributed by atoms with Crippen molar-refractivity contribution in [1.29, 1.82) is 0 Å². The minimum atomic E-state index is -0.394. The summed E-state index contributed by atoms with van der Waals surface area (Å²) in [5.74, 6) is -0.394. The van der Waals surface area contributed by atoms with E-state index in [2.05, 4.69) is 25.2 Å². The molecule has 28 heavy (non-hydrogen) atoms. The van der Waals surface area contributed by atoms with Crippen molar-refractivity contribution in [2.24, 2.45) is 5.73 Å². The molecule has 2 heteroatoms. The summed E-state index contributed by atoms with van der Waals surface area (Å²) >= 11 is 0. The summed E-state index contributed by atoms with van der Waals surface area (Å²) in [5.41, 5.74) is 5.68. The van der Waals surface area contributed by atoms with E-state index in [0.717, 1.165) is 0 Å². The molecule has 0 aromatic carbocycles. The Morgan fingerprint density at radius 2 is 1.07 bits per heavy atom. The lowest BCUT2D eigenvalue weighted by Crippen LogP contribution is -2.11. The maximum atomic E-state index is 10.8. The second-order valence-electron chi connectivity index (χ2n) is 6.83. The average Bonchev–Trinajstić information content (AvgIpc) is 2.68. The van der Waals surface area contributed by atoms with E-state index in [1.807, 2.05) is 48.6 Å². The summed E-state index contributed by atoms with van der Waals surface area (Å²) in [4.78, 5) is 10.8. The van der Waals surface area contributed by atoms with Crippen molar-refractivity contribution < 1.29 is 4.79 Å². The van der Waals surface area contributed by atoms with Crippen LogP contribution in [0.1, 0.15) is 71.6 Å². The van der Waals surface area contributed by atoms with Gasteiger partial charge in [0.1, 0.15) is 0 Å². The second-order valence-corrected chi connectivity index (χ2v) is 6.83. The zero-order valence-electron chi connectivity index (χ0n) is 17.9. The smallest absolute Gasteiger partial charge is 0.244 e. The number of nitrogens with two attached hydrogens (primary N) is 1. The second kappa shape index (κ2) is 21.0. The molecular weight excluding hydrogens is 342 g/mol. The van der Waals surface area contributed by atoms with Crippen molar-refractivity contribution in [2.45, 2.75) is 71.6 Å². The zero-order chi connectivity index (χ0) is 20.7. The number of unbranched alkanes of at least 4 members (excludes halogenated alkanes) is 8. The Morgan fingerprint density at radius 1 is 0.643 bits per heavy atom. The van der Waals surface area contributed by atoms with E-state index in [4.69, 9.17) is 5.73 Å². The van der Waals surface area contributed by atoms with Gasteiger partial charge in [0.25, 0.3) is 0 Å². The first kappa shape index (κ1) is 25.6. The van der Waals surface area contributed by atoms with E-state index < -0.39 is 5.91 Å². The number of carbonyl (C=O) groups is 1. The lowest BCUT2D eigenvalue weighted by Gasteiger charge is -1.99. The summed E-state index contributed by atoms with van der Waals surface area (Å²) in [5, 5.41) is 0. The van der Waals surface area contributed by atoms with Gasteiger partial charge >= 0.3 is 0 Å². The van der Waals surface area contributed by atoms with Crippen LogP contribution < -0.4 is 5.73 Å². The quantitative estimate of drug-likeness (QED) is 0.170. The molecule has 0 rings (SSSR count). The molecule has 0 unspecified atom stereocenters. The van der Waals surface area contributed by atoms with Crippen LogP contribution >= 0.6 is 0 Å². The SMILES string of the molecule is CCCCCCCCCCC=CC=CC=CC=CC=CC=CC=C(C)C(N)=O. The minimum Gasteiger partial charge on any atom is -0.366 e. The summed E-state index contributed by atoms with van der Waals surface area (Å²) in [6.45, 7) is 3.96. The average molecular weight is 382 g/mol. The van der Waals surface area contributed by atoms with Gasteiger partial charge in [-0.25, -0.2) is 0 Å². The van der Waals surface area contributed by atoms with Crippen LogP contribution in [0.5, 0.6) is 0 Å². The number of rotatable bonds is 16. The highest BCUT2D eigenvalue weighted by Gasteiger charge is 1.92. The van der Waals surface area contributed by atoms with Gasteiger partial charge in [0.05, 0.1) is 0 Å². The number of allylic oxidation sites excluding steroid dienone is 13. The molecule has 0 aromatic rings. The third-order valence-electron chi connectivity index (χ3n) is 4.21. The van der Waals surface area contributed by atoms with Gasteiger partial charge in [-0.15, -0.1) is 0 Å². The van der Waals surface area contributed by atoms with Crippen molar-refractivity contribution in [3.63, 3.8) is 0 Å². The number of amides is 1. The topological polar surface area (TPSA) is 43.1 Å². The third-order valence-corrected chi connectivity index (χ3v) is 4.21. The van der Waals surface area contributed by atoms with E-state index in [9.17, 15) is 4.79 Å². The molecule has 0 radical (unpaired) electrons. The van der Waals surface area contributed by atoms with Crippen molar-refractivity contribution in [3.8, 4) is 0 Å². The molecule has 2 nitrogen and oxygen atoms in total. The molecular formula is C26H39NO. The number of hydrogen-bond donors (Lipinski definition) is 1. The molecule has 0 aliphatic heterocycles. The van der Waals surface area contributed by atoms with Gasteiger partial charge in [0.2, 0.25) is 5.91 Å². The highest BCUT2D eigenvalue weighted by molar-refractivity contribution is 5.91. The lowest BCUT2D eigenvalue weighted by atomic mass is 10.1. The number of hydrogen-bond acceptors (Lipinski definition) is 1. The molecule has 0 fully saturated rings. The van der Waals surface area contributed by atoms with Gasteiger partial charge < -0.3 is 5.73 Å². The van der Waals surface area contributed by atoms with Crippen LogP contribution in [0.25, 0.3) is 0 Å².